The summed E-state index contributed by atoms with van der Waals surface area (Å²) < 4.78 is 0. The summed E-state index contributed by atoms with van der Waals surface area (Å²) in [6.07, 6.45) is 2.23. The van der Waals surface area contributed by atoms with E-state index in [1.807, 2.05) is 4.90 Å². The standard InChI is InChI=1S/C7H11Cl2N3/c1-2-3-4-12-5-10-6(8)11-7(12)9/h2-5H2,1H3. The molecule has 0 bridgehead atoms. The number of halogens is 2. The first kappa shape index (κ1) is 9.81. The minimum absolute atomic E-state index is 0.243. The Morgan fingerprint density at radius 3 is 2.83 bits per heavy atom. The molecule has 1 aliphatic heterocycles. The van der Waals surface area contributed by atoms with Gasteiger partial charge in [-0.15, -0.1) is 0 Å². The van der Waals surface area contributed by atoms with Crippen LogP contribution in [0, 0.1) is 0 Å². The Balaban J connectivity index is 2.44. The van der Waals surface area contributed by atoms with Crippen LogP contribution in [0.2, 0.25) is 0 Å². The molecule has 1 aliphatic rings. The number of hydrogen-bond acceptors (Lipinski definition) is 3. The smallest absolute Gasteiger partial charge is 0.222 e. The van der Waals surface area contributed by atoms with Crippen LogP contribution in [0.4, 0.5) is 0 Å². The predicted molar refractivity (Wildman–Crippen MR) is 53.1 cm³/mol. The maximum absolute atomic E-state index is 5.82. The number of unbranched alkanes of at least 4 members (excludes halogenated alkanes) is 1. The molecule has 0 saturated heterocycles. The van der Waals surface area contributed by atoms with E-state index in [0.717, 1.165) is 19.4 Å². The van der Waals surface area contributed by atoms with Gasteiger partial charge in [0.1, 0.15) is 6.67 Å². The first-order valence-corrected chi connectivity index (χ1v) is 4.68. The first-order chi connectivity index (χ1) is 5.74. The fourth-order valence-electron chi connectivity index (χ4n) is 0.896. The highest BCUT2D eigenvalue weighted by Gasteiger charge is 2.12. The third kappa shape index (κ3) is 2.64. The Morgan fingerprint density at radius 2 is 2.25 bits per heavy atom. The van der Waals surface area contributed by atoms with E-state index in [4.69, 9.17) is 23.2 Å². The molecule has 0 aromatic rings. The number of rotatable bonds is 3. The molecule has 0 radical (unpaired) electrons. The fourth-order valence-corrected chi connectivity index (χ4v) is 1.29. The van der Waals surface area contributed by atoms with Gasteiger partial charge in [0.25, 0.3) is 0 Å². The van der Waals surface area contributed by atoms with Gasteiger partial charge in [-0.2, -0.15) is 4.99 Å². The molecule has 1 rings (SSSR count). The number of amidine groups is 2. The zero-order chi connectivity index (χ0) is 8.97. The Kier molecular flexibility index (Phi) is 3.82. The number of hydrogen-bond donors (Lipinski definition) is 0. The lowest BCUT2D eigenvalue weighted by atomic mass is 10.3. The normalized spacial score (nSPS) is 17.4. The summed E-state index contributed by atoms with van der Waals surface area (Å²) in [4.78, 5) is 9.69. The minimum Gasteiger partial charge on any atom is -0.327 e. The highest BCUT2D eigenvalue weighted by Crippen LogP contribution is 2.08. The van der Waals surface area contributed by atoms with Gasteiger partial charge >= 0.3 is 0 Å². The van der Waals surface area contributed by atoms with E-state index in [0.29, 0.717) is 12.0 Å². The molecule has 0 fully saturated rings. The number of aliphatic imine (C=N–C) groups is 2. The highest BCUT2D eigenvalue weighted by atomic mass is 35.5. The van der Waals surface area contributed by atoms with E-state index in [1.54, 1.807) is 0 Å². The molecule has 5 heteroatoms. The lowest BCUT2D eigenvalue weighted by Crippen LogP contribution is -2.31. The third-order valence-corrected chi connectivity index (χ3v) is 2.13. The molecular formula is C7H11Cl2N3. The fraction of sp³-hybridized carbons (Fsp3) is 0.714. The second-order valence-electron chi connectivity index (χ2n) is 2.57. The van der Waals surface area contributed by atoms with Gasteiger partial charge in [0.15, 0.2) is 0 Å². The monoisotopic (exact) mass is 207 g/mol. The quantitative estimate of drug-likeness (QED) is 0.653. The van der Waals surface area contributed by atoms with Crippen molar-refractivity contribution in [3.8, 4) is 0 Å². The van der Waals surface area contributed by atoms with Crippen LogP contribution in [-0.4, -0.2) is 28.7 Å². The molecule has 0 atom stereocenters. The number of nitrogens with zero attached hydrogens (tertiary/aromatic N) is 3. The van der Waals surface area contributed by atoms with Crippen LogP contribution in [-0.2, 0) is 0 Å². The van der Waals surface area contributed by atoms with Gasteiger partial charge in [-0.25, -0.2) is 4.99 Å². The molecule has 0 saturated carbocycles. The summed E-state index contributed by atoms with van der Waals surface area (Å²) in [6, 6.07) is 0. The summed E-state index contributed by atoms with van der Waals surface area (Å²) in [5.74, 6) is 0. The van der Waals surface area contributed by atoms with Crippen LogP contribution in [0.3, 0.4) is 0 Å². The van der Waals surface area contributed by atoms with Gasteiger partial charge in [0, 0.05) is 6.54 Å². The molecule has 68 valence electrons. The molecule has 1 heterocycles. The van der Waals surface area contributed by atoms with E-state index < -0.39 is 0 Å². The Bertz CT molecular complexity index is 213. The van der Waals surface area contributed by atoms with Gasteiger partial charge < -0.3 is 4.90 Å². The van der Waals surface area contributed by atoms with Crippen molar-refractivity contribution < 1.29 is 0 Å². The first-order valence-electron chi connectivity index (χ1n) is 3.93. The zero-order valence-corrected chi connectivity index (χ0v) is 8.44. The van der Waals surface area contributed by atoms with Gasteiger partial charge in [0.2, 0.25) is 10.6 Å². The molecule has 3 nitrogen and oxygen atoms in total. The summed E-state index contributed by atoms with van der Waals surface area (Å²) in [6.45, 7) is 3.55. The third-order valence-electron chi connectivity index (χ3n) is 1.60. The lowest BCUT2D eigenvalue weighted by molar-refractivity contribution is 0.423. The van der Waals surface area contributed by atoms with Crippen LogP contribution in [0.5, 0.6) is 0 Å². The molecule has 0 spiro atoms. The topological polar surface area (TPSA) is 28.0 Å². The van der Waals surface area contributed by atoms with E-state index in [2.05, 4.69) is 16.9 Å². The van der Waals surface area contributed by atoms with Crippen molar-refractivity contribution in [2.45, 2.75) is 19.8 Å². The van der Waals surface area contributed by atoms with Gasteiger partial charge in [-0.1, -0.05) is 13.3 Å². The Hall–Kier alpha value is -0.280. The van der Waals surface area contributed by atoms with Crippen molar-refractivity contribution in [2.75, 3.05) is 13.2 Å². The van der Waals surface area contributed by atoms with Gasteiger partial charge in [0.05, 0.1) is 0 Å². The van der Waals surface area contributed by atoms with Crippen LogP contribution in [0.25, 0.3) is 0 Å². The molecule has 0 aliphatic carbocycles. The summed E-state index contributed by atoms with van der Waals surface area (Å²) in [7, 11) is 0. The van der Waals surface area contributed by atoms with Crippen LogP contribution in [0.1, 0.15) is 19.8 Å². The van der Waals surface area contributed by atoms with Crippen LogP contribution in [0.15, 0.2) is 9.98 Å². The van der Waals surface area contributed by atoms with Gasteiger partial charge in [-0.3, -0.25) is 0 Å². The van der Waals surface area contributed by atoms with E-state index >= 15 is 0 Å². The summed E-state index contributed by atoms with van der Waals surface area (Å²) in [5, 5.41) is 0.691. The molecular weight excluding hydrogens is 197 g/mol. The van der Waals surface area contributed by atoms with E-state index in [-0.39, 0.29) is 5.29 Å². The molecule has 0 aromatic carbocycles. The largest absolute Gasteiger partial charge is 0.327 e. The second kappa shape index (κ2) is 4.67. The van der Waals surface area contributed by atoms with E-state index in [1.165, 1.54) is 0 Å². The molecule has 0 unspecified atom stereocenters. The molecule has 0 aromatic heterocycles. The summed E-state index contributed by atoms with van der Waals surface area (Å²) in [5.41, 5.74) is 0. The van der Waals surface area contributed by atoms with Crippen molar-refractivity contribution in [3.63, 3.8) is 0 Å². The zero-order valence-electron chi connectivity index (χ0n) is 6.93. The van der Waals surface area contributed by atoms with Crippen molar-refractivity contribution in [1.29, 1.82) is 0 Å². The average Bonchev–Trinajstić information content (AvgIpc) is 2.03. The maximum atomic E-state index is 5.82. The molecule has 0 N–H and O–H groups in total. The SMILES string of the molecule is CCCCN1CN=C(Cl)N=C1Cl. The van der Waals surface area contributed by atoms with Crippen molar-refractivity contribution in [3.05, 3.63) is 0 Å². The van der Waals surface area contributed by atoms with Crippen LogP contribution < -0.4 is 0 Å². The highest BCUT2D eigenvalue weighted by molar-refractivity contribution is 6.71. The van der Waals surface area contributed by atoms with Crippen molar-refractivity contribution in [2.24, 2.45) is 9.98 Å². The molecule has 0 amide bonds. The minimum atomic E-state index is 0.243. The summed E-state index contributed by atoms with van der Waals surface area (Å²) >= 11 is 11.4. The average molecular weight is 208 g/mol. The maximum Gasteiger partial charge on any atom is 0.222 e. The Morgan fingerprint density at radius 1 is 1.50 bits per heavy atom. The van der Waals surface area contributed by atoms with Crippen molar-refractivity contribution >= 4 is 33.8 Å². The van der Waals surface area contributed by atoms with Crippen LogP contribution >= 0.6 is 23.2 Å². The molecule has 12 heavy (non-hydrogen) atoms. The lowest BCUT2D eigenvalue weighted by Gasteiger charge is -2.22. The predicted octanol–water partition coefficient (Wildman–Crippen LogP) is 2.25. The van der Waals surface area contributed by atoms with E-state index in [9.17, 15) is 0 Å². The van der Waals surface area contributed by atoms with Crippen molar-refractivity contribution in [1.82, 2.24) is 4.90 Å². The Labute approximate surface area is 82.1 Å². The van der Waals surface area contributed by atoms with Gasteiger partial charge in [-0.05, 0) is 29.6 Å². The second-order valence-corrected chi connectivity index (χ2v) is 3.24.